The Hall–Kier alpha value is -2.48. The maximum atomic E-state index is 10.9. The molecule has 1 aliphatic carbocycles. The molecule has 144 valence electrons. The van der Waals surface area contributed by atoms with E-state index in [2.05, 4.69) is 20.1 Å². The van der Waals surface area contributed by atoms with E-state index in [0.29, 0.717) is 16.9 Å². The molecule has 1 fully saturated rings. The minimum atomic E-state index is -2.90. The fraction of sp³-hybridized carbons (Fsp3) is 0.412. The smallest absolute Gasteiger partial charge is 0.141 e. The number of hydrogen-bond donors (Lipinski definition) is 4. The Kier molecular flexibility index (Phi) is 4.74. The minimum absolute atomic E-state index is 0.333. The average Bonchev–Trinajstić information content (AvgIpc) is 3.37. The van der Waals surface area contributed by atoms with Crippen molar-refractivity contribution in [2.24, 2.45) is 5.92 Å². The third-order valence-corrected chi connectivity index (χ3v) is 6.11. The van der Waals surface area contributed by atoms with E-state index in [1.165, 1.54) is 23.4 Å². The van der Waals surface area contributed by atoms with Crippen LogP contribution in [0.1, 0.15) is 12.5 Å². The van der Waals surface area contributed by atoms with E-state index < -0.39 is 33.7 Å². The van der Waals surface area contributed by atoms with Gasteiger partial charge in [-0.2, -0.15) is 10.4 Å². The molecule has 4 N–H and O–H groups in total. The van der Waals surface area contributed by atoms with Crippen LogP contribution in [0.15, 0.2) is 31.0 Å². The van der Waals surface area contributed by atoms with E-state index >= 15 is 0 Å². The molecule has 0 bridgehead atoms. The van der Waals surface area contributed by atoms with Crippen LogP contribution < -0.4 is 0 Å². The number of nitriles is 1. The van der Waals surface area contributed by atoms with Gasteiger partial charge in [0, 0.05) is 45.8 Å². The molecule has 5 atom stereocenters. The van der Waals surface area contributed by atoms with Gasteiger partial charge in [0.25, 0.3) is 0 Å². The lowest BCUT2D eigenvalue weighted by atomic mass is 9.34. The van der Waals surface area contributed by atoms with Gasteiger partial charge in [0.15, 0.2) is 0 Å². The van der Waals surface area contributed by atoms with E-state index in [1.807, 2.05) is 6.07 Å². The first-order chi connectivity index (χ1) is 14.4. The van der Waals surface area contributed by atoms with Gasteiger partial charge in [-0.05, 0) is 6.07 Å². The summed E-state index contributed by atoms with van der Waals surface area (Å²) in [5.74, 6) is -1.69. The predicted molar refractivity (Wildman–Crippen MR) is 114 cm³/mol. The summed E-state index contributed by atoms with van der Waals surface area (Å²) in [6.07, 6.45) is 5.73. The van der Waals surface area contributed by atoms with Gasteiger partial charge in [0.2, 0.25) is 0 Å². The molecule has 10 radical (unpaired) electrons. The number of nitrogens with zero attached hydrogens (tertiary/aromatic N) is 5. The third kappa shape index (κ3) is 2.77. The van der Waals surface area contributed by atoms with Crippen LogP contribution in [0.25, 0.3) is 22.3 Å². The lowest BCUT2D eigenvalue weighted by molar-refractivity contribution is -0.0655. The zero-order chi connectivity index (χ0) is 22.8. The Morgan fingerprint density at radius 1 is 1.16 bits per heavy atom. The quantitative estimate of drug-likeness (QED) is 0.366. The lowest BCUT2D eigenvalue weighted by Gasteiger charge is -2.46. The number of fused-ring (bicyclic) bond motifs is 1. The molecule has 4 rings (SSSR count). The van der Waals surface area contributed by atoms with Crippen molar-refractivity contribution in [2.75, 3.05) is 0 Å². The molecule has 3 aromatic rings. The first-order valence-electron chi connectivity index (χ1n) is 9.19. The second-order valence-electron chi connectivity index (χ2n) is 7.86. The van der Waals surface area contributed by atoms with Gasteiger partial charge in [-0.1, -0.05) is 5.21 Å². The molecule has 0 saturated heterocycles. The maximum absolute atomic E-state index is 10.9. The van der Waals surface area contributed by atoms with Crippen LogP contribution in [-0.2, 0) is 0 Å². The molecule has 0 spiro atoms. The largest absolute Gasteiger partial charge is 0.400 e. The van der Waals surface area contributed by atoms with E-state index in [4.69, 9.17) is 39.2 Å². The average molecular weight is 403 g/mol. The predicted octanol–water partition coefficient (Wildman–Crippen LogP) is -2.07. The maximum Gasteiger partial charge on any atom is 0.141 e. The Labute approximate surface area is 184 Å². The minimum Gasteiger partial charge on any atom is -0.400 e. The monoisotopic (exact) mass is 404 g/mol. The Morgan fingerprint density at radius 3 is 2.48 bits per heavy atom. The number of aromatic amines is 1. The van der Waals surface area contributed by atoms with Crippen LogP contribution >= 0.6 is 0 Å². The van der Waals surface area contributed by atoms with Gasteiger partial charge >= 0.3 is 0 Å². The fourth-order valence-corrected chi connectivity index (χ4v) is 4.25. The molecule has 14 heteroatoms. The first-order valence-corrected chi connectivity index (χ1v) is 9.19. The topological polar surface area (TPSA) is 144 Å². The molecule has 31 heavy (non-hydrogen) atoms. The zero-order valence-electron chi connectivity index (χ0n) is 16.2. The van der Waals surface area contributed by atoms with Gasteiger partial charge < -0.3 is 20.3 Å². The van der Waals surface area contributed by atoms with Gasteiger partial charge in [0.05, 0.1) is 46.1 Å². The highest BCUT2D eigenvalue weighted by Gasteiger charge is 2.72. The molecular weight excluding hydrogens is 390 g/mol. The van der Waals surface area contributed by atoms with E-state index in [1.54, 1.807) is 12.3 Å². The van der Waals surface area contributed by atoms with Crippen molar-refractivity contribution >= 4 is 50.3 Å². The molecule has 0 aliphatic heterocycles. The standard InChI is InChI=1S/C17H13B5N6O3/c18-14(29)12(15(19,30)17(22,31)16(14,20)21)10(1-3-23)28-6-8(5-27-28)11-9-2-4-24-13(9)26-7-25-11/h2,4-7,10,12,29-31H,1H2,(H,24,25,26)/t10-,12?,14?,15?,17?/m1/s1. The van der Waals surface area contributed by atoms with E-state index in [0.717, 1.165) is 5.39 Å². The third-order valence-electron chi connectivity index (χ3n) is 6.11. The Bertz CT molecular complexity index is 1160. The molecule has 9 nitrogen and oxygen atoms in total. The highest BCUT2D eigenvalue weighted by Crippen LogP contribution is 2.61. The molecule has 3 aromatic heterocycles. The molecule has 0 aromatic carbocycles. The van der Waals surface area contributed by atoms with Crippen molar-refractivity contribution in [1.82, 2.24) is 24.7 Å². The summed E-state index contributed by atoms with van der Waals surface area (Å²) in [6.45, 7) is 0. The fourth-order valence-electron chi connectivity index (χ4n) is 4.25. The molecule has 0 amide bonds. The first kappa shape index (κ1) is 21.7. The summed E-state index contributed by atoms with van der Waals surface area (Å²) in [4.78, 5) is 11.4. The highest BCUT2D eigenvalue weighted by molar-refractivity contribution is 6.51. The number of hydrogen-bond acceptors (Lipinski definition) is 7. The summed E-state index contributed by atoms with van der Waals surface area (Å²) in [5, 5.41) is 44.1. The lowest BCUT2D eigenvalue weighted by Crippen LogP contribution is -2.60. The SMILES string of the molecule is [B]C1(O)C([C@@H](CC#N)n2cc(-c3ncnc4[nH]ccc34)cn2)C([B])(O)C([B])(O)C1([B])[B]. The summed E-state index contributed by atoms with van der Waals surface area (Å²) in [5.41, 5.74) is -6.66. The van der Waals surface area contributed by atoms with Crippen molar-refractivity contribution in [3.8, 4) is 17.3 Å². The van der Waals surface area contributed by atoms with E-state index in [-0.39, 0.29) is 6.42 Å². The summed E-state index contributed by atoms with van der Waals surface area (Å²) in [6, 6.07) is 2.54. The number of aromatic nitrogens is 5. The van der Waals surface area contributed by atoms with Crippen molar-refractivity contribution in [1.29, 1.82) is 5.26 Å². The van der Waals surface area contributed by atoms with Crippen molar-refractivity contribution in [2.45, 2.75) is 34.2 Å². The second kappa shape index (κ2) is 6.76. The van der Waals surface area contributed by atoms with Crippen molar-refractivity contribution < 1.29 is 15.3 Å². The van der Waals surface area contributed by atoms with Crippen LogP contribution in [-0.4, -0.2) is 95.8 Å². The number of H-pyrrole nitrogens is 1. The van der Waals surface area contributed by atoms with E-state index in [9.17, 15) is 20.6 Å². The van der Waals surface area contributed by atoms with Crippen LogP contribution in [0, 0.1) is 17.2 Å². The van der Waals surface area contributed by atoms with Gasteiger partial charge in [-0.25, -0.2) is 9.97 Å². The summed E-state index contributed by atoms with van der Waals surface area (Å²) < 4.78 is 1.26. The second-order valence-corrected chi connectivity index (χ2v) is 7.86. The van der Waals surface area contributed by atoms with Crippen molar-refractivity contribution in [3.05, 3.63) is 31.0 Å². The van der Waals surface area contributed by atoms with Crippen LogP contribution in [0.3, 0.4) is 0 Å². The molecular formula is C17H13B5N6O3. The molecule has 1 saturated carbocycles. The van der Waals surface area contributed by atoms with Gasteiger partial charge in [-0.3, -0.25) is 4.68 Å². The normalized spacial score (nSPS) is 33.3. The van der Waals surface area contributed by atoms with Gasteiger partial charge in [-0.15, -0.1) is 0 Å². The summed E-state index contributed by atoms with van der Waals surface area (Å²) >= 11 is 0. The number of nitrogens with one attached hydrogen (secondary N) is 1. The number of rotatable bonds is 4. The van der Waals surface area contributed by atoms with Crippen LogP contribution in [0.5, 0.6) is 0 Å². The Balaban J connectivity index is 1.83. The highest BCUT2D eigenvalue weighted by atomic mass is 16.4. The Morgan fingerprint density at radius 2 is 1.87 bits per heavy atom. The molecule has 3 heterocycles. The van der Waals surface area contributed by atoms with Gasteiger partial charge in [0.1, 0.15) is 35.5 Å². The molecule has 1 aliphatic rings. The van der Waals surface area contributed by atoms with Crippen molar-refractivity contribution in [3.63, 3.8) is 0 Å². The molecule has 4 unspecified atom stereocenters. The summed E-state index contributed by atoms with van der Waals surface area (Å²) in [7, 11) is 29.2. The number of aliphatic hydroxyl groups is 3. The van der Waals surface area contributed by atoms with Crippen LogP contribution in [0.2, 0.25) is 5.21 Å². The zero-order valence-corrected chi connectivity index (χ0v) is 16.2. The van der Waals surface area contributed by atoms with Crippen LogP contribution in [0.4, 0.5) is 0 Å².